The second kappa shape index (κ2) is 3.98. The third-order valence-electron chi connectivity index (χ3n) is 2.10. The number of nitrogens with two attached hydrogens (primary N) is 1. The van der Waals surface area contributed by atoms with Gasteiger partial charge in [0.2, 0.25) is 0 Å². The monoisotopic (exact) mass is 263 g/mol. The molecule has 0 spiro atoms. The molecule has 0 atom stereocenters. The van der Waals surface area contributed by atoms with Crippen molar-refractivity contribution in [3.05, 3.63) is 40.6 Å². The molecular formula is C11H10BrN3. The predicted molar refractivity (Wildman–Crippen MR) is 64.3 cm³/mol. The Bertz CT molecular complexity index is 480. The van der Waals surface area contributed by atoms with Crippen molar-refractivity contribution in [3.8, 4) is 11.4 Å². The minimum absolute atomic E-state index is 0.574. The Morgan fingerprint density at radius 1 is 1.20 bits per heavy atom. The maximum Gasteiger partial charge on any atom is 0.159 e. The van der Waals surface area contributed by atoms with E-state index in [0.717, 1.165) is 10.0 Å². The van der Waals surface area contributed by atoms with Gasteiger partial charge >= 0.3 is 0 Å². The minimum atomic E-state index is 0.574. The molecule has 1 aromatic carbocycles. The van der Waals surface area contributed by atoms with E-state index >= 15 is 0 Å². The Labute approximate surface area is 96.5 Å². The van der Waals surface area contributed by atoms with Crippen LogP contribution in [-0.2, 0) is 0 Å². The zero-order valence-electron chi connectivity index (χ0n) is 8.24. The molecule has 0 aliphatic carbocycles. The molecule has 0 unspecified atom stereocenters. The number of nitrogens with zero attached hydrogens (tertiary/aromatic N) is 2. The van der Waals surface area contributed by atoms with Crippen LogP contribution in [0, 0.1) is 6.92 Å². The van der Waals surface area contributed by atoms with Crippen LogP contribution in [0.2, 0.25) is 0 Å². The third kappa shape index (κ3) is 2.15. The van der Waals surface area contributed by atoms with Gasteiger partial charge < -0.3 is 5.73 Å². The number of rotatable bonds is 1. The fourth-order valence-corrected chi connectivity index (χ4v) is 1.60. The van der Waals surface area contributed by atoms with Crippen LogP contribution in [0.4, 0.5) is 5.69 Å². The summed E-state index contributed by atoms with van der Waals surface area (Å²) in [5.74, 6) is 0.685. The maximum atomic E-state index is 5.52. The minimum Gasteiger partial charge on any atom is -0.396 e. The summed E-state index contributed by atoms with van der Waals surface area (Å²) in [6.07, 6.45) is 3.21. The highest BCUT2D eigenvalue weighted by molar-refractivity contribution is 9.10. The average molecular weight is 264 g/mol. The number of hydrogen-bond acceptors (Lipinski definition) is 3. The summed E-state index contributed by atoms with van der Waals surface area (Å²) < 4.78 is 1.06. The highest BCUT2D eigenvalue weighted by Crippen LogP contribution is 2.23. The smallest absolute Gasteiger partial charge is 0.159 e. The zero-order valence-corrected chi connectivity index (χ0v) is 9.82. The lowest BCUT2D eigenvalue weighted by atomic mass is 10.1. The Hall–Kier alpha value is -1.42. The van der Waals surface area contributed by atoms with Crippen molar-refractivity contribution in [1.29, 1.82) is 0 Å². The van der Waals surface area contributed by atoms with Gasteiger partial charge in [-0.1, -0.05) is 28.1 Å². The van der Waals surface area contributed by atoms with Crippen molar-refractivity contribution in [3.63, 3.8) is 0 Å². The van der Waals surface area contributed by atoms with E-state index in [-0.39, 0.29) is 0 Å². The molecule has 15 heavy (non-hydrogen) atoms. The molecule has 2 N–H and O–H groups in total. The Morgan fingerprint density at radius 2 is 1.87 bits per heavy atom. The van der Waals surface area contributed by atoms with Crippen molar-refractivity contribution in [2.45, 2.75) is 6.92 Å². The SMILES string of the molecule is Cc1ccc(-c2ncc(N)cn2)cc1Br. The van der Waals surface area contributed by atoms with Crippen LogP contribution in [-0.4, -0.2) is 9.97 Å². The molecule has 0 saturated carbocycles. The number of hydrogen-bond donors (Lipinski definition) is 1. The van der Waals surface area contributed by atoms with Gasteiger partial charge in [0.1, 0.15) is 0 Å². The molecule has 0 amide bonds. The molecule has 1 heterocycles. The van der Waals surface area contributed by atoms with Crippen LogP contribution in [0.15, 0.2) is 35.1 Å². The molecule has 4 heteroatoms. The molecule has 0 saturated heterocycles. The molecule has 3 nitrogen and oxygen atoms in total. The van der Waals surface area contributed by atoms with E-state index in [9.17, 15) is 0 Å². The van der Waals surface area contributed by atoms with E-state index in [1.54, 1.807) is 12.4 Å². The van der Waals surface area contributed by atoms with Gasteiger partial charge in [-0.3, -0.25) is 0 Å². The number of anilines is 1. The van der Waals surface area contributed by atoms with Gasteiger partial charge in [-0.2, -0.15) is 0 Å². The number of aryl methyl sites for hydroxylation is 1. The van der Waals surface area contributed by atoms with E-state index in [1.807, 2.05) is 25.1 Å². The van der Waals surface area contributed by atoms with Crippen LogP contribution in [0.3, 0.4) is 0 Å². The summed E-state index contributed by atoms with van der Waals surface area (Å²) in [4.78, 5) is 8.32. The zero-order chi connectivity index (χ0) is 10.8. The van der Waals surface area contributed by atoms with Crippen LogP contribution in [0.5, 0.6) is 0 Å². The van der Waals surface area contributed by atoms with Gasteiger partial charge in [-0.25, -0.2) is 9.97 Å². The Morgan fingerprint density at radius 3 is 2.47 bits per heavy atom. The fourth-order valence-electron chi connectivity index (χ4n) is 1.22. The molecule has 0 fully saturated rings. The normalized spacial score (nSPS) is 10.3. The number of nitrogen functional groups attached to an aromatic ring is 1. The number of benzene rings is 1. The first-order chi connectivity index (χ1) is 7.16. The van der Waals surface area contributed by atoms with E-state index < -0.39 is 0 Å². The standard InChI is InChI=1S/C11H10BrN3/c1-7-2-3-8(4-10(7)12)11-14-5-9(13)6-15-11/h2-6H,13H2,1H3. The van der Waals surface area contributed by atoms with Crippen molar-refractivity contribution in [1.82, 2.24) is 9.97 Å². The number of halogens is 1. The third-order valence-corrected chi connectivity index (χ3v) is 2.96. The van der Waals surface area contributed by atoms with Crippen molar-refractivity contribution in [2.75, 3.05) is 5.73 Å². The molecule has 1 aromatic heterocycles. The Kier molecular flexibility index (Phi) is 2.68. The maximum absolute atomic E-state index is 5.52. The van der Waals surface area contributed by atoms with Crippen molar-refractivity contribution < 1.29 is 0 Å². The largest absolute Gasteiger partial charge is 0.396 e. The summed E-state index contributed by atoms with van der Waals surface area (Å²) in [5.41, 5.74) is 8.27. The molecular weight excluding hydrogens is 254 g/mol. The van der Waals surface area contributed by atoms with E-state index in [2.05, 4.69) is 25.9 Å². The first-order valence-electron chi connectivity index (χ1n) is 4.51. The fraction of sp³-hybridized carbons (Fsp3) is 0.0909. The Balaban J connectivity index is 2.45. The average Bonchev–Trinajstić information content (AvgIpc) is 2.23. The van der Waals surface area contributed by atoms with Gasteiger partial charge in [0.15, 0.2) is 5.82 Å². The highest BCUT2D eigenvalue weighted by atomic mass is 79.9. The van der Waals surface area contributed by atoms with Crippen LogP contribution in [0.25, 0.3) is 11.4 Å². The molecule has 2 rings (SSSR count). The summed E-state index contributed by atoms with van der Waals surface area (Å²) in [6, 6.07) is 6.02. The van der Waals surface area contributed by atoms with Crippen molar-refractivity contribution >= 4 is 21.6 Å². The summed E-state index contributed by atoms with van der Waals surface area (Å²) in [6.45, 7) is 2.04. The second-order valence-electron chi connectivity index (χ2n) is 3.30. The molecule has 0 radical (unpaired) electrons. The molecule has 0 aliphatic heterocycles. The second-order valence-corrected chi connectivity index (χ2v) is 4.16. The first kappa shape index (κ1) is 10.1. The van der Waals surface area contributed by atoms with E-state index in [1.165, 1.54) is 5.56 Å². The van der Waals surface area contributed by atoms with Crippen molar-refractivity contribution in [2.24, 2.45) is 0 Å². The van der Waals surface area contributed by atoms with Crippen LogP contribution in [0.1, 0.15) is 5.56 Å². The van der Waals surface area contributed by atoms with Gasteiger partial charge in [0, 0.05) is 10.0 Å². The summed E-state index contributed by atoms with van der Waals surface area (Å²) in [7, 11) is 0. The molecule has 0 aliphatic rings. The quantitative estimate of drug-likeness (QED) is 0.861. The topological polar surface area (TPSA) is 51.8 Å². The summed E-state index contributed by atoms with van der Waals surface area (Å²) >= 11 is 3.48. The van der Waals surface area contributed by atoms with Gasteiger partial charge in [0.25, 0.3) is 0 Å². The van der Waals surface area contributed by atoms with Crippen LogP contribution < -0.4 is 5.73 Å². The van der Waals surface area contributed by atoms with E-state index in [4.69, 9.17) is 5.73 Å². The molecule has 0 bridgehead atoms. The predicted octanol–water partition coefficient (Wildman–Crippen LogP) is 2.80. The molecule has 2 aromatic rings. The number of aromatic nitrogens is 2. The van der Waals surface area contributed by atoms with Gasteiger partial charge in [-0.05, 0) is 18.6 Å². The lowest BCUT2D eigenvalue weighted by Crippen LogP contribution is -1.92. The van der Waals surface area contributed by atoms with E-state index in [0.29, 0.717) is 11.5 Å². The van der Waals surface area contributed by atoms with Gasteiger partial charge in [0.05, 0.1) is 18.1 Å². The van der Waals surface area contributed by atoms with Gasteiger partial charge in [-0.15, -0.1) is 0 Å². The summed E-state index contributed by atoms with van der Waals surface area (Å²) in [5, 5.41) is 0. The lowest BCUT2D eigenvalue weighted by molar-refractivity contribution is 1.18. The first-order valence-corrected chi connectivity index (χ1v) is 5.30. The molecule has 76 valence electrons. The van der Waals surface area contributed by atoms with Crippen LogP contribution >= 0.6 is 15.9 Å². The highest BCUT2D eigenvalue weighted by Gasteiger charge is 2.02. The lowest BCUT2D eigenvalue weighted by Gasteiger charge is -2.02.